The first-order chi connectivity index (χ1) is 15.6. The Bertz CT molecular complexity index is 1110. The molecular weight excluding hydrogens is 407 g/mol. The lowest BCUT2D eigenvalue weighted by molar-refractivity contribution is 0.175. The number of aromatic nitrogens is 3. The van der Waals surface area contributed by atoms with Crippen molar-refractivity contribution in [1.29, 1.82) is 0 Å². The Morgan fingerprint density at radius 3 is 2.78 bits per heavy atom. The number of hydrogen-bond donors (Lipinski definition) is 1. The van der Waals surface area contributed by atoms with Gasteiger partial charge in [0.25, 0.3) is 0 Å². The Morgan fingerprint density at radius 2 is 1.94 bits per heavy atom. The zero-order chi connectivity index (χ0) is 22.1. The molecule has 1 N–H and O–H groups in total. The fourth-order valence-electron chi connectivity index (χ4n) is 4.92. The van der Waals surface area contributed by atoms with Crippen molar-refractivity contribution in [2.24, 2.45) is 0 Å². The second-order valence-corrected chi connectivity index (χ2v) is 8.94. The van der Waals surface area contributed by atoms with Gasteiger partial charge in [-0.15, -0.1) is 10.2 Å². The van der Waals surface area contributed by atoms with E-state index < -0.39 is 0 Å². The maximum Gasteiger partial charge on any atom is 0.317 e. The molecule has 2 aliphatic heterocycles. The van der Waals surface area contributed by atoms with Crippen molar-refractivity contribution >= 4 is 17.4 Å². The number of anilines is 1. The molecule has 2 amide bonds. The summed E-state index contributed by atoms with van der Waals surface area (Å²) in [6, 6.07) is 11.1. The highest BCUT2D eigenvalue weighted by Gasteiger charge is 2.29. The molecule has 168 valence electrons. The number of fused-ring (bicyclic) bond motifs is 1. The Morgan fingerprint density at radius 1 is 1.09 bits per heavy atom. The largest absolute Gasteiger partial charge is 0.367 e. The number of nitrogens with one attached hydrogen (secondary N) is 1. The van der Waals surface area contributed by atoms with Crippen LogP contribution in [0.4, 0.5) is 14.9 Å². The van der Waals surface area contributed by atoms with Crippen molar-refractivity contribution < 1.29 is 9.18 Å². The molecule has 3 aromatic rings. The van der Waals surface area contributed by atoms with Gasteiger partial charge in [0.05, 0.1) is 5.69 Å². The molecule has 7 nitrogen and oxygen atoms in total. The Hall–Kier alpha value is -3.16. The van der Waals surface area contributed by atoms with Crippen molar-refractivity contribution in [1.82, 2.24) is 24.8 Å². The van der Waals surface area contributed by atoms with E-state index in [0.29, 0.717) is 31.2 Å². The summed E-state index contributed by atoms with van der Waals surface area (Å²) in [6.45, 7) is 4.80. The van der Waals surface area contributed by atoms with Gasteiger partial charge >= 0.3 is 6.03 Å². The van der Waals surface area contributed by atoms with E-state index in [4.69, 9.17) is 0 Å². The Labute approximate surface area is 187 Å². The molecule has 0 bridgehead atoms. The number of rotatable bonds is 3. The van der Waals surface area contributed by atoms with Gasteiger partial charge in [0.1, 0.15) is 11.6 Å². The van der Waals surface area contributed by atoms with Gasteiger partial charge < -0.3 is 15.1 Å². The minimum Gasteiger partial charge on any atom is -0.367 e. The first kappa shape index (κ1) is 20.7. The summed E-state index contributed by atoms with van der Waals surface area (Å²) in [6.07, 6.45) is 5.58. The van der Waals surface area contributed by atoms with Crippen LogP contribution in [0.25, 0.3) is 5.65 Å². The molecule has 0 radical (unpaired) electrons. The van der Waals surface area contributed by atoms with Crippen molar-refractivity contribution in [3.8, 4) is 0 Å². The van der Waals surface area contributed by atoms with Gasteiger partial charge in [-0.2, -0.15) is 0 Å². The van der Waals surface area contributed by atoms with E-state index in [1.807, 2.05) is 46.7 Å². The lowest BCUT2D eigenvalue weighted by Crippen LogP contribution is -2.53. The zero-order valence-corrected chi connectivity index (χ0v) is 18.4. The quantitative estimate of drug-likeness (QED) is 0.679. The number of urea groups is 1. The minimum absolute atomic E-state index is 0.0221. The van der Waals surface area contributed by atoms with Crippen LogP contribution in [0.2, 0.25) is 0 Å². The number of pyridine rings is 1. The molecule has 2 aromatic heterocycles. The smallest absolute Gasteiger partial charge is 0.317 e. The molecule has 0 aliphatic carbocycles. The van der Waals surface area contributed by atoms with E-state index in [-0.39, 0.29) is 17.9 Å². The predicted molar refractivity (Wildman–Crippen MR) is 121 cm³/mol. The molecule has 4 heterocycles. The minimum atomic E-state index is -0.203. The van der Waals surface area contributed by atoms with E-state index >= 15 is 0 Å². The molecule has 5 rings (SSSR count). The summed E-state index contributed by atoms with van der Waals surface area (Å²) in [4.78, 5) is 16.9. The summed E-state index contributed by atoms with van der Waals surface area (Å²) in [5.41, 5.74) is 2.52. The molecule has 2 fully saturated rings. The van der Waals surface area contributed by atoms with Crippen LogP contribution in [0.3, 0.4) is 0 Å². The molecule has 2 saturated heterocycles. The van der Waals surface area contributed by atoms with Gasteiger partial charge in [0.15, 0.2) is 5.65 Å². The van der Waals surface area contributed by atoms with Crippen LogP contribution in [0.5, 0.6) is 0 Å². The molecule has 0 spiro atoms. The molecule has 0 saturated carbocycles. The maximum atomic E-state index is 14.3. The van der Waals surface area contributed by atoms with Crippen LogP contribution < -0.4 is 10.2 Å². The molecule has 1 unspecified atom stereocenters. The van der Waals surface area contributed by atoms with Crippen molar-refractivity contribution in [3.05, 3.63) is 59.8 Å². The number of nitrogens with zero attached hydrogens (tertiary/aromatic N) is 5. The van der Waals surface area contributed by atoms with E-state index in [0.717, 1.165) is 49.3 Å². The van der Waals surface area contributed by atoms with Gasteiger partial charge in [-0.05, 0) is 62.4 Å². The van der Waals surface area contributed by atoms with Crippen LogP contribution in [0.1, 0.15) is 43.0 Å². The first-order valence-corrected chi connectivity index (χ1v) is 11.4. The second-order valence-electron chi connectivity index (χ2n) is 8.94. The third-order valence-corrected chi connectivity index (χ3v) is 6.68. The number of likely N-dealkylation sites (tertiary alicyclic amines) is 1. The standard InChI is InChI=1S/C24H29FN6O/c1-17-7-8-20(25)21(15-17)30-11-4-5-19(16-30)26-24(32)29-13-9-18(10-14-29)23-28-27-22-6-2-3-12-31(22)23/h2-3,6-8,12,15,18-19H,4-5,9-11,13-14,16H2,1H3,(H,26,32). The summed E-state index contributed by atoms with van der Waals surface area (Å²) in [5.74, 6) is 1.07. The molecule has 1 atom stereocenters. The Kier molecular flexibility index (Phi) is 5.68. The highest BCUT2D eigenvalue weighted by atomic mass is 19.1. The molecule has 2 aliphatic rings. The number of benzene rings is 1. The van der Waals surface area contributed by atoms with Crippen LogP contribution in [0, 0.1) is 12.7 Å². The SMILES string of the molecule is Cc1ccc(F)c(N2CCCC(NC(=O)N3CCC(c4nnc5ccccn45)CC3)C2)c1. The molecule has 8 heteroatoms. The van der Waals surface area contributed by atoms with Gasteiger partial charge in [0, 0.05) is 44.3 Å². The van der Waals surface area contributed by atoms with Crippen LogP contribution in [0.15, 0.2) is 42.6 Å². The average molecular weight is 437 g/mol. The zero-order valence-electron chi connectivity index (χ0n) is 18.4. The van der Waals surface area contributed by atoms with Crippen molar-refractivity contribution in [2.45, 2.75) is 44.6 Å². The second kappa shape index (κ2) is 8.76. The number of aryl methyl sites for hydroxylation is 1. The number of carbonyl (C=O) groups is 1. The summed E-state index contributed by atoms with van der Waals surface area (Å²) in [5, 5.41) is 11.8. The molecule has 32 heavy (non-hydrogen) atoms. The monoisotopic (exact) mass is 436 g/mol. The lowest BCUT2D eigenvalue weighted by atomic mass is 9.96. The number of amides is 2. The van der Waals surface area contributed by atoms with E-state index in [9.17, 15) is 9.18 Å². The predicted octanol–water partition coefficient (Wildman–Crippen LogP) is 3.73. The molecule has 1 aromatic carbocycles. The third kappa shape index (κ3) is 4.13. The summed E-state index contributed by atoms with van der Waals surface area (Å²) in [7, 11) is 0. The van der Waals surface area contributed by atoms with E-state index in [1.54, 1.807) is 6.07 Å². The maximum absolute atomic E-state index is 14.3. The van der Waals surface area contributed by atoms with Crippen LogP contribution >= 0.6 is 0 Å². The van der Waals surface area contributed by atoms with Crippen molar-refractivity contribution in [2.75, 3.05) is 31.1 Å². The normalized spacial score (nSPS) is 20.0. The number of hydrogen-bond acceptors (Lipinski definition) is 4. The van der Waals surface area contributed by atoms with Gasteiger partial charge in [-0.1, -0.05) is 12.1 Å². The van der Waals surface area contributed by atoms with Gasteiger partial charge in [-0.25, -0.2) is 9.18 Å². The third-order valence-electron chi connectivity index (χ3n) is 6.68. The van der Waals surface area contributed by atoms with Crippen LogP contribution in [-0.4, -0.2) is 57.7 Å². The number of halogens is 1. The van der Waals surface area contributed by atoms with Crippen molar-refractivity contribution in [3.63, 3.8) is 0 Å². The summed E-state index contributed by atoms with van der Waals surface area (Å²) >= 11 is 0. The summed E-state index contributed by atoms with van der Waals surface area (Å²) < 4.78 is 16.4. The van der Waals surface area contributed by atoms with Crippen LogP contribution in [-0.2, 0) is 0 Å². The molecular formula is C24H29FN6O. The average Bonchev–Trinajstić information content (AvgIpc) is 3.25. The van der Waals surface area contributed by atoms with E-state index in [1.165, 1.54) is 6.07 Å². The van der Waals surface area contributed by atoms with Gasteiger partial charge in [0.2, 0.25) is 0 Å². The fraction of sp³-hybridized carbons (Fsp3) is 0.458. The highest BCUT2D eigenvalue weighted by molar-refractivity contribution is 5.74. The van der Waals surface area contributed by atoms with E-state index in [2.05, 4.69) is 20.4 Å². The highest BCUT2D eigenvalue weighted by Crippen LogP contribution is 2.28. The number of piperidine rings is 2. The topological polar surface area (TPSA) is 65.8 Å². The van der Waals surface area contributed by atoms with Gasteiger partial charge in [-0.3, -0.25) is 4.40 Å². The fourth-order valence-corrected chi connectivity index (χ4v) is 4.92. The number of carbonyl (C=O) groups excluding carboxylic acids is 1. The Balaban J connectivity index is 1.17. The first-order valence-electron chi connectivity index (χ1n) is 11.4. The lowest BCUT2D eigenvalue weighted by Gasteiger charge is -2.37.